The molecule has 2 aromatic heterocycles. The molecule has 6 heteroatoms. The van der Waals surface area contributed by atoms with Crippen LogP contribution in [0.1, 0.15) is 0 Å². The van der Waals surface area contributed by atoms with Crippen LogP contribution in [-0.4, -0.2) is 15.0 Å². The van der Waals surface area contributed by atoms with Gasteiger partial charge in [-0.1, -0.05) is 35.9 Å². The SMILES string of the molecule is Clc1ccc(-c2cccc(Nc3nccc(-c4nccs4)n3)c2)cc1. The Morgan fingerprint density at radius 2 is 1.76 bits per heavy atom. The fourth-order valence-corrected chi connectivity index (χ4v) is 3.17. The molecule has 0 aliphatic rings. The highest BCUT2D eigenvalue weighted by atomic mass is 35.5. The molecule has 0 atom stereocenters. The average Bonchev–Trinajstić information content (AvgIpc) is 3.18. The number of anilines is 2. The summed E-state index contributed by atoms with van der Waals surface area (Å²) in [6.07, 6.45) is 3.50. The standard InChI is InChI=1S/C19H13ClN4S/c20-15-6-4-13(5-7-15)14-2-1-3-16(12-14)23-19-22-9-8-17(24-19)18-21-10-11-25-18/h1-12H,(H,22,23,24). The van der Waals surface area contributed by atoms with Gasteiger partial charge in [0.15, 0.2) is 0 Å². The normalized spacial score (nSPS) is 10.6. The molecular weight excluding hydrogens is 352 g/mol. The monoisotopic (exact) mass is 364 g/mol. The van der Waals surface area contributed by atoms with E-state index in [-0.39, 0.29) is 0 Å². The zero-order valence-electron chi connectivity index (χ0n) is 13.1. The maximum atomic E-state index is 5.96. The molecule has 122 valence electrons. The number of benzene rings is 2. The summed E-state index contributed by atoms with van der Waals surface area (Å²) in [4.78, 5) is 13.1. The summed E-state index contributed by atoms with van der Waals surface area (Å²) in [6, 6.07) is 17.7. The van der Waals surface area contributed by atoms with Crippen molar-refractivity contribution in [1.29, 1.82) is 0 Å². The molecule has 0 spiro atoms. The summed E-state index contributed by atoms with van der Waals surface area (Å²) < 4.78 is 0. The Kier molecular flexibility index (Phi) is 4.41. The third kappa shape index (κ3) is 3.68. The van der Waals surface area contributed by atoms with Crippen molar-refractivity contribution in [3.8, 4) is 21.8 Å². The van der Waals surface area contributed by atoms with Crippen molar-refractivity contribution >= 4 is 34.6 Å². The Balaban J connectivity index is 1.60. The van der Waals surface area contributed by atoms with Gasteiger partial charge in [-0.3, -0.25) is 0 Å². The van der Waals surface area contributed by atoms with Gasteiger partial charge in [-0.05, 0) is 41.5 Å². The maximum Gasteiger partial charge on any atom is 0.227 e. The van der Waals surface area contributed by atoms with Crippen LogP contribution in [0, 0.1) is 0 Å². The van der Waals surface area contributed by atoms with E-state index in [0.717, 1.165) is 32.5 Å². The molecule has 0 saturated carbocycles. The minimum atomic E-state index is 0.543. The van der Waals surface area contributed by atoms with E-state index in [1.165, 1.54) is 0 Å². The van der Waals surface area contributed by atoms with Crippen LogP contribution in [0.5, 0.6) is 0 Å². The van der Waals surface area contributed by atoms with Crippen molar-refractivity contribution in [1.82, 2.24) is 15.0 Å². The summed E-state index contributed by atoms with van der Waals surface area (Å²) in [5.41, 5.74) is 3.92. The van der Waals surface area contributed by atoms with Crippen LogP contribution in [0.25, 0.3) is 21.8 Å². The molecule has 0 fully saturated rings. The molecule has 0 unspecified atom stereocenters. The third-order valence-electron chi connectivity index (χ3n) is 3.60. The maximum absolute atomic E-state index is 5.96. The number of aromatic nitrogens is 3. The number of nitrogens with one attached hydrogen (secondary N) is 1. The molecule has 2 aromatic carbocycles. The van der Waals surface area contributed by atoms with E-state index in [1.54, 1.807) is 23.7 Å². The van der Waals surface area contributed by atoms with Gasteiger partial charge in [0.25, 0.3) is 0 Å². The van der Waals surface area contributed by atoms with E-state index < -0.39 is 0 Å². The van der Waals surface area contributed by atoms with E-state index in [9.17, 15) is 0 Å². The van der Waals surface area contributed by atoms with Gasteiger partial charge in [-0.2, -0.15) is 0 Å². The largest absolute Gasteiger partial charge is 0.324 e. The molecular formula is C19H13ClN4S. The van der Waals surface area contributed by atoms with Crippen molar-refractivity contribution < 1.29 is 0 Å². The van der Waals surface area contributed by atoms with Crippen LogP contribution in [0.3, 0.4) is 0 Å². The predicted molar refractivity (Wildman–Crippen MR) is 103 cm³/mol. The van der Waals surface area contributed by atoms with Crippen molar-refractivity contribution in [2.45, 2.75) is 0 Å². The van der Waals surface area contributed by atoms with Crippen LogP contribution in [-0.2, 0) is 0 Å². The molecule has 4 nitrogen and oxygen atoms in total. The Hall–Kier alpha value is -2.76. The van der Waals surface area contributed by atoms with Gasteiger partial charge in [0.2, 0.25) is 5.95 Å². The van der Waals surface area contributed by atoms with E-state index in [4.69, 9.17) is 11.6 Å². The van der Waals surface area contributed by atoms with Crippen LogP contribution in [0.4, 0.5) is 11.6 Å². The lowest BCUT2D eigenvalue weighted by Gasteiger charge is -2.08. The van der Waals surface area contributed by atoms with Crippen molar-refractivity contribution in [2.75, 3.05) is 5.32 Å². The van der Waals surface area contributed by atoms with Gasteiger partial charge in [-0.25, -0.2) is 15.0 Å². The summed E-state index contributed by atoms with van der Waals surface area (Å²) >= 11 is 7.51. The lowest BCUT2D eigenvalue weighted by atomic mass is 10.1. The van der Waals surface area contributed by atoms with Gasteiger partial charge in [0.05, 0.1) is 0 Å². The lowest BCUT2D eigenvalue weighted by Crippen LogP contribution is -1.97. The van der Waals surface area contributed by atoms with Crippen molar-refractivity contribution in [3.63, 3.8) is 0 Å². The van der Waals surface area contributed by atoms with Gasteiger partial charge in [-0.15, -0.1) is 11.3 Å². The quantitative estimate of drug-likeness (QED) is 0.507. The Labute approximate surface area is 154 Å². The summed E-state index contributed by atoms with van der Waals surface area (Å²) in [6.45, 7) is 0. The second kappa shape index (κ2) is 7.01. The first-order chi connectivity index (χ1) is 12.3. The average molecular weight is 365 g/mol. The zero-order valence-corrected chi connectivity index (χ0v) is 14.6. The number of halogens is 1. The fourth-order valence-electron chi connectivity index (χ4n) is 2.44. The molecule has 0 aliphatic carbocycles. The molecule has 0 amide bonds. The second-order valence-electron chi connectivity index (χ2n) is 5.32. The number of rotatable bonds is 4. The first kappa shape index (κ1) is 15.7. The third-order valence-corrected chi connectivity index (χ3v) is 4.65. The van der Waals surface area contributed by atoms with Crippen molar-refractivity contribution in [3.05, 3.63) is 77.4 Å². The van der Waals surface area contributed by atoms with Gasteiger partial charge < -0.3 is 5.32 Å². The summed E-state index contributed by atoms with van der Waals surface area (Å²) in [5, 5.41) is 6.79. The molecule has 0 radical (unpaired) electrons. The van der Waals surface area contributed by atoms with Crippen molar-refractivity contribution in [2.24, 2.45) is 0 Å². The van der Waals surface area contributed by atoms with E-state index >= 15 is 0 Å². The Morgan fingerprint density at radius 3 is 2.56 bits per heavy atom. The molecule has 2 heterocycles. The van der Waals surface area contributed by atoms with Gasteiger partial charge in [0, 0.05) is 28.5 Å². The smallest absolute Gasteiger partial charge is 0.227 e. The second-order valence-corrected chi connectivity index (χ2v) is 6.65. The molecule has 0 aliphatic heterocycles. The molecule has 4 aromatic rings. The number of hydrogen-bond donors (Lipinski definition) is 1. The first-order valence-electron chi connectivity index (χ1n) is 7.64. The summed E-state index contributed by atoms with van der Waals surface area (Å²) in [5.74, 6) is 0.543. The minimum Gasteiger partial charge on any atom is -0.324 e. The highest BCUT2D eigenvalue weighted by molar-refractivity contribution is 7.13. The Bertz CT molecular complexity index is 985. The molecule has 25 heavy (non-hydrogen) atoms. The zero-order chi connectivity index (χ0) is 17.1. The number of nitrogens with zero attached hydrogens (tertiary/aromatic N) is 3. The topological polar surface area (TPSA) is 50.7 Å². The molecule has 1 N–H and O–H groups in total. The van der Waals surface area contributed by atoms with E-state index in [2.05, 4.69) is 32.4 Å². The minimum absolute atomic E-state index is 0.543. The highest BCUT2D eigenvalue weighted by Crippen LogP contribution is 2.26. The van der Waals surface area contributed by atoms with Crippen LogP contribution < -0.4 is 5.32 Å². The molecule has 0 saturated heterocycles. The lowest BCUT2D eigenvalue weighted by molar-refractivity contribution is 1.16. The van der Waals surface area contributed by atoms with E-state index in [0.29, 0.717) is 5.95 Å². The summed E-state index contributed by atoms with van der Waals surface area (Å²) in [7, 11) is 0. The van der Waals surface area contributed by atoms with Crippen LogP contribution >= 0.6 is 22.9 Å². The van der Waals surface area contributed by atoms with Crippen LogP contribution in [0.2, 0.25) is 5.02 Å². The number of hydrogen-bond acceptors (Lipinski definition) is 5. The predicted octanol–water partition coefficient (Wildman–Crippen LogP) is 5.66. The van der Waals surface area contributed by atoms with E-state index in [1.807, 2.05) is 47.8 Å². The number of thiazole rings is 1. The highest BCUT2D eigenvalue weighted by Gasteiger charge is 2.06. The van der Waals surface area contributed by atoms with Gasteiger partial charge in [0.1, 0.15) is 10.7 Å². The van der Waals surface area contributed by atoms with Crippen LogP contribution in [0.15, 0.2) is 72.4 Å². The molecule has 0 bridgehead atoms. The van der Waals surface area contributed by atoms with Gasteiger partial charge >= 0.3 is 0 Å². The first-order valence-corrected chi connectivity index (χ1v) is 8.90. The Morgan fingerprint density at radius 1 is 0.880 bits per heavy atom. The molecule has 4 rings (SSSR count). The fraction of sp³-hybridized carbons (Fsp3) is 0.